The summed E-state index contributed by atoms with van der Waals surface area (Å²) in [6.45, 7) is 3.52. The Kier molecular flexibility index (Phi) is 5.29. The largest absolute Gasteiger partial charge is 0.383 e. The molecular weight excluding hydrogens is 193 g/mol. The van der Waals surface area contributed by atoms with E-state index in [0.717, 1.165) is 12.1 Å². The summed E-state index contributed by atoms with van der Waals surface area (Å²) >= 11 is 0. The van der Waals surface area contributed by atoms with Crippen LogP contribution in [-0.4, -0.2) is 26.3 Å². The maximum absolute atomic E-state index is 13.3. The van der Waals surface area contributed by atoms with Crippen molar-refractivity contribution < 1.29 is 9.13 Å². The lowest BCUT2D eigenvalue weighted by atomic mass is 10.1. The zero-order valence-corrected chi connectivity index (χ0v) is 9.29. The third-order valence-electron chi connectivity index (χ3n) is 2.28. The molecule has 0 heterocycles. The molecule has 0 aliphatic carbocycles. The Morgan fingerprint density at radius 1 is 1.40 bits per heavy atom. The molecule has 3 heteroatoms. The summed E-state index contributed by atoms with van der Waals surface area (Å²) in [7, 11) is 1.67. The van der Waals surface area contributed by atoms with Crippen LogP contribution >= 0.6 is 0 Å². The van der Waals surface area contributed by atoms with Crippen LogP contribution in [0.4, 0.5) is 4.39 Å². The highest BCUT2D eigenvalue weighted by atomic mass is 19.1. The first-order chi connectivity index (χ1) is 7.24. The molecule has 0 saturated carbocycles. The van der Waals surface area contributed by atoms with E-state index >= 15 is 0 Å². The molecule has 0 radical (unpaired) electrons. The second-order valence-corrected chi connectivity index (χ2v) is 3.64. The van der Waals surface area contributed by atoms with Crippen LogP contribution < -0.4 is 5.32 Å². The lowest BCUT2D eigenvalue weighted by molar-refractivity contribution is 0.196. The number of nitrogens with one attached hydrogen (secondary N) is 1. The first-order valence-electron chi connectivity index (χ1n) is 5.19. The average molecular weight is 211 g/mol. The van der Waals surface area contributed by atoms with E-state index in [-0.39, 0.29) is 11.9 Å². The minimum atomic E-state index is -0.127. The molecular formula is C12H18FNO. The lowest BCUT2D eigenvalue weighted by Gasteiger charge is -2.13. The molecule has 1 unspecified atom stereocenters. The van der Waals surface area contributed by atoms with Crippen molar-refractivity contribution in [1.82, 2.24) is 5.32 Å². The van der Waals surface area contributed by atoms with Crippen molar-refractivity contribution >= 4 is 0 Å². The van der Waals surface area contributed by atoms with E-state index in [1.165, 1.54) is 6.07 Å². The van der Waals surface area contributed by atoms with Gasteiger partial charge in [-0.15, -0.1) is 0 Å². The van der Waals surface area contributed by atoms with Crippen LogP contribution in [-0.2, 0) is 11.2 Å². The molecule has 0 bridgehead atoms. The lowest BCUT2D eigenvalue weighted by Crippen LogP contribution is -2.31. The highest BCUT2D eigenvalue weighted by Gasteiger charge is 2.06. The van der Waals surface area contributed by atoms with Gasteiger partial charge in [0, 0.05) is 19.7 Å². The van der Waals surface area contributed by atoms with Gasteiger partial charge in [0.15, 0.2) is 0 Å². The standard InChI is InChI=1S/C12H18FNO/c1-10(14-7-8-15-2)9-11-5-3-4-6-12(11)13/h3-6,10,14H,7-9H2,1-2H3. The predicted molar refractivity (Wildman–Crippen MR) is 59.4 cm³/mol. The van der Waals surface area contributed by atoms with Gasteiger partial charge in [0.2, 0.25) is 0 Å². The molecule has 0 spiro atoms. The molecule has 2 nitrogen and oxygen atoms in total. The highest BCUT2D eigenvalue weighted by molar-refractivity contribution is 5.18. The summed E-state index contributed by atoms with van der Waals surface area (Å²) in [5.74, 6) is -0.127. The Balaban J connectivity index is 2.37. The second kappa shape index (κ2) is 6.53. The number of ether oxygens (including phenoxy) is 1. The number of hydrogen-bond acceptors (Lipinski definition) is 2. The fourth-order valence-electron chi connectivity index (χ4n) is 1.47. The second-order valence-electron chi connectivity index (χ2n) is 3.64. The van der Waals surface area contributed by atoms with E-state index in [2.05, 4.69) is 5.32 Å². The van der Waals surface area contributed by atoms with Crippen LogP contribution in [0.15, 0.2) is 24.3 Å². The molecule has 0 fully saturated rings. The van der Waals surface area contributed by atoms with Crippen molar-refractivity contribution in [2.24, 2.45) is 0 Å². The molecule has 1 aromatic rings. The topological polar surface area (TPSA) is 21.3 Å². The van der Waals surface area contributed by atoms with Crippen LogP contribution in [0.25, 0.3) is 0 Å². The third-order valence-corrected chi connectivity index (χ3v) is 2.28. The molecule has 0 amide bonds. The molecule has 1 aromatic carbocycles. The number of halogens is 1. The summed E-state index contributed by atoms with van der Waals surface area (Å²) < 4.78 is 18.2. The highest BCUT2D eigenvalue weighted by Crippen LogP contribution is 2.08. The van der Waals surface area contributed by atoms with Gasteiger partial charge in [0.25, 0.3) is 0 Å². The van der Waals surface area contributed by atoms with Crippen LogP contribution in [0.2, 0.25) is 0 Å². The zero-order chi connectivity index (χ0) is 11.1. The molecule has 1 rings (SSSR count). The Labute approximate surface area is 90.4 Å². The van der Waals surface area contributed by atoms with Gasteiger partial charge in [-0.1, -0.05) is 18.2 Å². The van der Waals surface area contributed by atoms with Crippen LogP contribution in [0.3, 0.4) is 0 Å². The number of benzene rings is 1. The maximum atomic E-state index is 13.3. The van der Waals surface area contributed by atoms with Gasteiger partial charge in [-0.2, -0.15) is 0 Å². The minimum Gasteiger partial charge on any atom is -0.383 e. The summed E-state index contributed by atoms with van der Waals surface area (Å²) in [4.78, 5) is 0. The van der Waals surface area contributed by atoms with Crippen LogP contribution in [0.5, 0.6) is 0 Å². The summed E-state index contributed by atoms with van der Waals surface area (Å²) in [6.07, 6.45) is 0.705. The first kappa shape index (κ1) is 12.1. The molecule has 84 valence electrons. The molecule has 0 aliphatic rings. The molecule has 0 aliphatic heterocycles. The fourth-order valence-corrected chi connectivity index (χ4v) is 1.47. The number of rotatable bonds is 6. The smallest absolute Gasteiger partial charge is 0.126 e. The van der Waals surface area contributed by atoms with Crippen molar-refractivity contribution in [3.05, 3.63) is 35.6 Å². The van der Waals surface area contributed by atoms with Crippen molar-refractivity contribution in [2.75, 3.05) is 20.3 Å². The first-order valence-corrected chi connectivity index (χ1v) is 5.19. The van der Waals surface area contributed by atoms with E-state index in [4.69, 9.17) is 4.74 Å². The van der Waals surface area contributed by atoms with Crippen molar-refractivity contribution in [3.63, 3.8) is 0 Å². The van der Waals surface area contributed by atoms with Gasteiger partial charge in [0.1, 0.15) is 5.82 Å². The minimum absolute atomic E-state index is 0.127. The Bertz CT molecular complexity index is 291. The van der Waals surface area contributed by atoms with Crippen molar-refractivity contribution in [3.8, 4) is 0 Å². The summed E-state index contributed by atoms with van der Waals surface area (Å²) in [5, 5.41) is 3.27. The van der Waals surface area contributed by atoms with E-state index in [9.17, 15) is 4.39 Å². The molecule has 1 atom stereocenters. The van der Waals surface area contributed by atoms with E-state index in [1.54, 1.807) is 13.2 Å². The number of methoxy groups -OCH3 is 1. The van der Waals surface area contributed by atoms with Gasteiger partial charge in [0.05, 0.1) is 6.61 Å². The fraction of sp³-hybridized carbons (Fsp3) is 0.500. The van der Waals surface area contributed by atoms with E-state index in [1.807, 2.05) is 19.1 Å². The van der Waals surface area contributed by atoms with Gasteiger partial charge >= 0.3 is 0 Å². The van der Waals surface area contributed by atoms with Crippen molar-refractivity contribution in [2.45, 2.75) is 19.4 Å². The Morgan fingerprint density at radius 2 is 2.13 bits per heavy atom. The van der Waals surface area contributed by atoms with Crippen LogP contribution in [0.1, 0.15) is 12.5 Å². The molecule has 1 N–H and O–H groups in total. The predicted octanol–water partition coefficient (Wildman–Crippen LogP) is 1.99. The molecule has 0 aromatic heterocycles. The zero-order valence-electron chi connectivity index (χ0n) is 9.29. The Hall–Kier alpha value is -0.930. The average Bonchev–Trinajstić information content (AvgIpc) is 2.22. The normalized spacial score (nSPS) is 12.7. The summed E-state index contributed by atoms with van der Waals surface area (Å²) in [6, 6.07) is 7.15. The number of hydrogen-bond donors (Lipinski definition) is 1. The molecule has 0 saturated heterocycles. The SMILES string of the molecule is COCCNC(C)Cc1ccccc1F. The van der Waals surface area contributed by atoms with Gasteiger partial charge in [-0.05, 0) is 25.0 Å². The third kappa shape index (κ3) is 4.40. The van der Waals surface area contributed by atoms with E-state index in [0.29, 0.717) is 13.0 Å². The van der Waals surface area contributed by atoms with Gasteiger partial charge in [-0.3, -0.25) is 0 Å². The maximum Gasteiger partial charge on any atom is 0.126 e. The quantitative estimate of drug-likeness (QED) is 0.727. The van der Waals surface area contributed by atoms with E-state index < -0.39 is 0 Å². The van der Waals surface area contributed by atoms with Gasteiger partial charge < -0.3 is 10.1 Å². The Morgan fingerprint density at radius 3 is 2.80 bits per heavy atom. The van der Waals surface area contributed by atoms with Crippen LogP contribution in [0, 0.1) is 5.82 Å². The van der Waals surface area contributed by atoms with Crippen molar-refractivity contribution in [1.29, 1.82) is 0 Å². The summed E-state index contributed by atoms with van der Waals surface area (Å²) in [5.41, 5.74) is 0.759. The van der Waals surface area contributed by atoms with Gasteiger partial charge in [-0.25, -0.2) is 4.39 Å². The molecule has 15 heavy (non-hydrogen) atoms. The monoisotopic (exact) mass is 211 g/mol.